The summed E-state index contributed by atoms with van der Waals surface area (Å²) in [5.74, 6) is 0.223. The largest absolute Gasteiger partial charge is 0.441 e. The molecule has 0 unspecified atom stereocenters. The number of pyridine rings is 1. The van der Waals surface area contributed by atoms with Crippen molar-refractivity contribution in [1.29, 1.82) is 0 Å². The van der Waals surface area contributed by atoms with E-state index in [4.69, 9.17) is 4.42 Å². The summed E-state index contributed by atoms with van der Waals surface area (Å²) in [7, 11) is 0. The molecule has 0 spiro atoms. The van der Waals surface area contributed by atoms with Crippen LogP contribution in [0.2, 0.25) is 0 Å². The van der Waals surface area contributed by atoms with E-state index >= 15 is 0 Å². The van der Waals surface area contributed by atoms with Gasteiger partial charge in [-0.25, -0.2) is 9.37 Å². The minimum absolute atomic E-state index is 0.0455. The minimum atomic E-state index is -0.380. The summed E-state index contributed by atoms with van der Waals surface area (Å²) in [6, 6.07) is 19.1. The number of amides is 1. The van der Waals surface area contributed by atoms with Gasteiger partial charge in [0.1, 0.15) is 5.82 Å². The van der Waals surface area contributed by atoms with Gasteiger partial charge in [-0.05, 0) is 29.3 Å². The van der Waals surface area contributed by atoms with Gasteiger partial charge in [0.25, 0.3) is 5.56 Å². The van der Waals surface area contributed by atoms with Crippen molar-refractivity contribution in [2.24, 2.45) is 0 Å². The lowest BCUT2D eigenvalue weighted by molar-refractivity contribution is -0.121. The Morgan fingerprint density at radius 2 is 1.75 bits per heavy atom. The molecule has 162 valence electrons. The summed E-state index contributed by atoms with van der Waals surface area (Å²) >= 11 is 0. The number of halogens is 1. The molecule has 4 rings (SSSR count). The third-order valence-corrected chi connectivity index (χ3v) is 5.02. The molecule has 1 N–H and O–H groups in total. The lowest BCUT2D eigenvalue weighted by Gasteiger charge is -2.08. The van der Waals surface area contributed by atoms with Crippen LogP contribution in [-0.4, -0.2) is 15.5 Å². The van der Waals surface area contributed by atoms with Crippen molar-refractivity contribution in [2.75, 3.05) is 0 Å². The first-order chi connectivity index (χ1) is 15.6. The van der Waals surface area contributed by atoms with Gasteiger partial charge in [0.15, 0.2) is 11.7 Å². The van der Waals surface area contributed by atoms with Crippen LogP contribution >= 0.6 is 0 Å². The lowest BCUT2D eigenvalue weighted by atomic mass is 10.1. The molecule has 1 amide bonds. The van der Waals surface area contributed by atoms with Crippen LogP contribution in [0.25, 0.3) is 11.3 Å². The van der Waals surface area contributed by atoms with E-state index in [0.717, 1.165) is 11.1 Å². The fourth-order valence-corrected chi connectivity index (χ4v) is 3.27. The molecule has 0 bridgehead atoms. The molecule has 0 aliphatic carbocycles. The molecule has 0 fully saturated rings. The Morgan fingerprint density at radius 3 is 2.53 bits per heavy atom. The van der Waals surface area contributed by atoms with Crippen molar-refractivity contribution in [3.05, 3.63) is 112 Å². The third kappa shape index (κ3) is 5.37. The molecule has 6 nitrogen and oxygen atoms in total. The van der Waals surface area contributed by atoms with Crippen LogP contribution in [0.3, 0.4) is 0 Å². The van der Waals surface area contributed by atoms with Gasteiger partial charge in [-0.2, -0.15) is 0 Å². The van der Waals surface area contributed by atoms with Crippen LogP contribution in [0.1, 0.15) is 23.4 Å². The van der Waals surface area contributed by atoms with Gasteiger partial charge < -0.3 is 14.3 Å². The fraction of sp³-hybridized carbons (Fsp3) is 0.160. The van der Waals surface area contributed by atoms with E-state index in [1.54, 1.807) is 35.0 Å². The Bertz CT molecular complexity index is 1260. The van der Waals surface area contributed by atoms with Crippen LogP contribution in [0.4, 0.5) is 4.39 Å². The number of hydrogen-bond donors (Lipinski definition) is 1. The standard InChI is InChI=1S/C25H22FN3O3/c26-21-6-2-1-5-20(21)22-16-28-24(32-22)13-12-23(30)27-15-18-8-10-19(11-9-18)17-29-14-4-3-7-25(29)31/h1-11,14,16H,12-13,15,17H2,(H,27,30). The number of nitrogens with one attached hydrogen (secondary N) is 1. The van der Waals surface area contributed by atoms with Gasteiger partial charge in [0, 0.05) is 31.6 Å². The maximum absolute atomic E-state index is 13.8. The number of rotatable bonds is 8. The molecular formula is C25H22FN3O3. The van der Waals surface area contributed by atoms with Gasteiger partial charge in [-0.15, -0.1) is 0 Å². The zero-order valence-electron chi connectivity index (χ0n) is 17.3. The van der Waals surface area contributed by atoms with E-state index in [1.807, 2.05) is 30.3 Å². The van der Waals surface area contributed by atoms with Crippen molar-refractivity contribution in [3.8, 4) is 11.3 Å². The molecule has 0 atom stereocenters. The van der Waals surface area contributed by atoms with E-state index in [2.05, 4.69) is 10.3 Å². The van der Waals surface area contributed by atoms with Gasteiger partial charge in [-0.3, -0.25) is 9.59 Å². The number of oxazole rings is 1. The maximum atomic E-state index is 13.8. The second kappa shape index (κ2) is 9.87. The van der Waals surface area contributed by atoms with Gasteiger partial charge >= 0.3 is 0 Å². The highest BCUT2D eigenvalue weighted by Crippen LogP contribution is 2.23. The van der Waals surface area contributed by atoms with E-state index in [1.165, 1.54) is 18.3 Å². The monoisotopic (exact) mass is 431 g/mol. The van der Waals surface area contributed by atoms with Crippen LogP contribution < -0.4 is 10.9 Å². The first-order valence-corrected chi connectivity index (χ1v) is 10.3. The molecule has 7 heteroatoms. The average Bonchev–Trinajstić information content (AvgIpc) is 3.28. The number of aromatic nitrogens is 2. The predicted octanol–water partition coefficient (Wildman–Crippen LogP) is 3.94. The molecule has 0 aliphatic heterocycles. The minimum Gasteiger partial charge on any atom is -0.441 e. The van der Waals surface area contributed by atoms with Crippen LogP contribution in [0.15, 0.2) is 88.3 Å². The number of hydrogen-bond acceptors (Lipinski definition) is 4. The fourth-order valence-electron chi connectivity index (χ4n) is 3.27. The highest BCUT2D eigenvalue weighted by Gasteiger charge is 2.11. The average molecular weight is 431 g/mol. The molecule has 0 saturated heterocycles. The highest BCUT2D eigenvalue weighted by atomic mass is 19.1. The molecule has 4 aromatic rings. The Morgan fingerprint density at radius 1 is 1.00 bits per heavy atom. The third-order valence-electron chi connectivity index (χ3n) is 5.02. The first-order valence-electron chi connectivity index (χ1n) is 10.3. The molecule has 0 radical (unpaired) electrons. The molecule has 32 heavy (non-hydrogen) atoms. The van der Waals surface area contributed by atoms with Gasteiger partial charge in [-0.1, -0.05) is 42.5 Å². The molecular weight excluding hydrogens is 409 g/mol. The summed E-state index contributed by atoms with van der Waals surface area (Å²) in [4.78, 5) is 28.1. The summed E-state index contributed by atoms with van der Waals surface area (Å²) in [5, 5.41) is 2.87. The Kier molecular flexibility index (Phi) is 6.55. The summed E-state index contributed by atoms with van der Waals surface area (Å²) in [6.07, 6.45) is 3.76. The zero-order valence-corrected chi connectivity index (χ0v) is 17.3. The Labute approximate surface area is 184 Å². The number of nitrogens with zero attached hydrogens (tertiary/aromatic N) is 2. The van der Waals surface area contributed by atoms with E-state index in [9.17, 15) is 14.0 Å². The van der Waals surface area contributed by atoms with Crippen LogP contribution in [0, 0.1) is 5.82 Å². The number of carbonyl (C=O) groups excluding carboxylic acids is 1. The van der Waals surface area contributed by atoms with Crippen LogP contribution in [0.5, 0.6) is 0 Å². The molecule has 2 heterocycles. The molecule has 0 aliphatic rings. The summed E-state index contributed by atoms with van der Waals surface area (Å²) in [5.41, 5.74) is 2.26. The van der Waals surface area contributed by atoms with Crippen molar-refractivity contribution < 1.29 is 13.6 Å². The predicted molar refractivity (Wildman–Crippen MR) is 118 cm³/mol. The van der Waals surface area contributed by atoms with E-state index < -0.39 is 0 Å². The lowest BCUT2D eigenvalue weighted by Crippen LogP contribution is -2.23. The van der Waals surface area contributed by atoms with Gasteiger partial charge in [0.05, 0.1) is 18.3 Å². The quantitative estimate of drug-likeness (QED) is 0.458. The van der Waals surface area contributed by atoms with Crippen molar-refractivity contribution >= 4 is 5.91 Å². The molecule has 2 aromatic heterocycles. The number of benzene rings is 2. The molecule has 0 saturated carbocycles. The highest BCUT2D eigenvalue weighted by molar-refractivity contribution is 5.76. The summed E-state index contributed by atoms with van der Waals surface area (Å²) < 4.78 is 21.1. The van der Waals surface area contributed by atoms with Gasteiger partial charge in [0.2, 0.25) is 5.91 Å². The maximum Gasteiger partial charge on any atom is 0.250 e. The molecule has 2 aromatic carbocycles. The van der Waals surface area contributed by atoms with Crippen molar-refractivity contribution in [2.45, 2.75) is 25.9 Å². The smallest absolute Gasteiger partial charge is 0.250 e. The second-order valence-corrected chi connectivity index (χ2v) is 7.36. The van der Waals surface area contributed by atoms with Crippen molar-refractivity contribution in [1.82, 2.24) is 14.9 Å². The number of aryl methyl sites for hydroxylation is 1. The van der Waals surface area contributed by atoms with Crippen LogP contribution in [-0.2, 0) is 24.3 Å². The Hall–Kier alpha value is -4.00. The van der Waals surface area contributed by atoms with Crippen molar-refractivity contribution in [3.63, 3.8) is 0 Å². The zero-order chi connectivity index (χ0) is 22.3. The second-order valence-electron chi connectivity index (χ2n) is 7.36. The number of carbonyl (C=O) groups is 1. The van der Waals surface area contributed by atoms with E-state index in [0.29, 0.717) is 36.7 Å². The normalized spacial score (nSPS) is 10.8. The topological polar surface area (TPSA) is 77.1 Å². The first kappa shape index (κ1) is 21.2. The van der Waals surface area contributed by atoms with E-state index in [-0.39, 0.29) is 23.7 Å². The summed E-state index contributed by atoms with van der Waals surface area (Å²) in [6.45, 7) is 0.897. The Balaban J connectivity index is 1.25. The SMILES string of the molecule is O=C(CCc1ncc(-c2ccccc2F)o1)NCc1ccc(Cn2ccccc2=O)cc1.